The van der Waals surface area contributed by atoms with Gasteiger partial charge in [0, 0.05) is 4.88 Å². The minimum absolute atomic E-state index is 0.262. The number of nitrogens with zero attached hydrogens (tertiary/aromatic N) is 2. The molecule has 0 spiro atoms. The third kappa shape index (κ3) is 3.80. The van der Waals surface area contributed by atoms with Crippen LogP contribution in [0.15, 0.2) is 41.5 Å². The molecule has 0 aliphatic rings. The van der Waals surface area contributed by atoms with Crippen LogP contribution in [0.25, 0.3) is 20.7 Å². The fourth-order valence-electron chi connectivity index (χ4n) is 2.32. The first-order chi connectivity index (χ1) is 12.5. The molecule has 0 unspecified atom stereocenters. The van der Waals surface area contributed by atoms with Crippen molar-refractivity contribution < 1.29 is 19.1 Å². The van der Waals surface area contributed by atoms with Crippen LogP contribution in [0.1, 0.15) is 6.92 Å². The average molecular weight is 372 g/mol. The van der Waals surface area contributed by atoms with Crippen molar-refractivity contribution in [1.82, 2.24) is 9.55 Å². The second-order valence-electron chi connectivity index (χ2n) is 5.59. The largest absolute Gasteiger partial charge is 0.497 e. The molecule has 0 atom stereocenters. The van der Waals surface area contributed by atoms with Gasteiger partial charge in [-0.15, -0.1) is 11.3 Å². The van der Waals surface area contributed by atoms with Gasteiger partial charge in [-0.2, -0.15) is 0 Å². The van der Waals surface area contributed by atoms with Crippen LogP contribution in [0.5, 0.6) is 5.75 Å². The fourth-order valence-corrected chi connectivity index (χ4v) is 3.39. The summed E-state index contributed by atoms with van der Waals surface area (Å²) in [6.07, 6.45) is 1.31. The van der Waals surface area contributed by atoms with Gasteiger partial charge >= 0.3 is 5.97 Å². The summed E-state index contributed by atoms with van der Waals surface area (Å²) < 4.78 is 11.6. The van der Waals surface area contributed by atoms with Crippen molar-refractivity contribution in [3.8, 4) is 16.2 Å². The zero-order valence-electron chi connectivity index (χ0n) is 14.2. The van der Waals surface area contributed by atoms with Crippen LogP contribution in [-0.2, 0) is 20.9 Å². The lowest BCUT2D eigenvalue weighted by Crippen LogP contribution is -2.26. The zero-order valence-corrected chi connectivity index (χ0v) is 15.0. The van der Waals surface area contributed by atoms with Gasteiger partial charge < -0.3 is 9.47 Å². The molecule has 7 nitrogen and oxygen atoms in total. The van der Waals surface area contributed by atoms with Crippen molar-refractivity contribution in [2.45, 2.75) is 13.5 Å². The second kappa shape index (κ2) is 7.49. The Morgan fingerprint density at radius 1 is 1.23 bits per heavy atom. The summed E-state index contributed by atoms with van der Waals surface area (Å²) in [5.74, 6) is -0.170. The summed E-state index contributed by atoms with van der Waals surface area (Å²) in [4.78, 5) is 40.3. The normalized spacial score (nSPS) is 10.7. The Kier molecular flexibility index (Phi) is 5.13. The number of thiophene rings is 1. The monoisotopic (exact) mass is 372 g/mol. The van der Waals surface area contributed by atoms with Gasteiger partial charge in [0.2, 0.25) is 0 Å². The van der Waals surface area contributed by atoms with Crippen LogP contribution >= 0.6 is 11.3 Å². The number of carbonyl (C=O) groups is 2. The van der Waals surface area contributed by atoms with Crippen molar-refractivity contribution in [1.29, 1.82) is 0 Å². The number of benzene rings is 1. The standard InChI is InChI=1S/C18H16N2O5S/c1-11(21)9-25-16(22)8-20-10-19-14-7-15(26-17(14)18(20)23)12-3-5-13(24-2)6-4-12/h3-7,10H,8-9H2,1-2H3. The summed E-state index contributed by atoms with van der Waals surface area (Å²) in [5.41, 5.74) is 1.19. The van der Waals surface area contributed by atoms with Crippen molar-refractivity contribution in [2.24, 2.45) is 0 Å². The number of carbonyl (C=O) groups excluding carboxylic acids is 2. The minimum Gasteiger partial charge on any atom is -0.497 e. The van der Waals surface area contributed by atoms with Gasteiger partial charge in [-0.25, -0.2) is 4.98 Å². The number of hydrogen-bond acceptors (Lipinski definition) is 7. The topological polar surface area (TPSA) is 87.5 Å². The van der Waals surface area contributed by atoms with Gasteiger partial charge in [0.15, 0.2) is 5.78 Å². The molecule has 0 fully saturated rings. The Bertz CT molecular complexity index is 1020. The van der Waals surface area contributed by atoms with Crippen LogP contribution in [0.2, 0.25) is 0 Å². The number of fused-ring (bicyclic) bond motifs is 1. The molecule has 0 radical (unpaired) electrons. The van der Waals surface area contributed by atoms with E-state index in [0.29, 0.717) is 10.2 Å². The van der Waals surface area contributed by atoms with E-state index in [-0.39, 0.29) is 24.5 Å². The molecule has 8 heteroatoms. The Labute approximate surface area is 152 Å². The number of aromatic nitrogens is 2. The summed E-state index contributed by atoms with van der Waals surface area (Å²) in [7, 11) is 1.60. The first-order valence-electron chi connectivity index (χ1n) is 7.76. The second-order valence-corrected chi connectivity index (χ2v) is 6.65. The van der Waals surface area contributed by atoms with E-state index in [0.717, 1.165) is 16.2 Å². The maximum absolute atomic E-state index is 12.6. The molecule has 1 aromatic carbocycles. The molecular weight excluding hydrogens is 356 g/mol. The third-order valence-electron chi connectivity index (χ3n) is 3.61. The van der Waals surface area contributed by atoms with E-state index in [1.165, 1.54) is 29.2 Å². The summed E-state index contributed by atoms with van der Waals surface area (Å²) >= 11 is 1.31. The summed E-state index contributed by atoms with van der Waals surface area (Å²) in [6.45, 7) is 0.730. The van der Waals surface area contributed by atoms with Crippen molar-refractivity contribution in [3.63, 3.8) is 0 Å². The molecule has 26 heavy (non-hydrogen) atoms. The number of methoxy groups -OCH3 is 1. The van der Waals surface area contributed by atoms with Gasteiger partial charge in [-0.05, 0) is 42.8 Å². The molecular formula is C18H16N2O5S. The Balaban J connectivity index is 1.88. The lowest BCUT2D eigenvalue weighted by molar-refractivity contribution is -0.148. The maximum atomic E-state index is 12.6. The van der Waals surface area contributed by atoms with E-state index in [4.69, 9.17) is 9.47 Å². The van der Waals surface area contributed by atoms with E-state index in [2.05, 4.69) is 4.98 Å². The molecule has 0 aliphatic heterocycles. The van der Waals surface area contributed by atoms with Crippen molar-refractivity contribution in [2.75, 3.05) is 13.7 Å². The minimum atomic E-state index is -0.657. The summed E-state index contributed by atoms with van der Waals surface area (Å²) in [6, 6.07) is 9.33. The highest BCUT2D eigenvalue weighted by molar-refractivity contribution is 7.22. The van der Waals surface area contributed by atoms with E-state index in [9.17, 15) is 14.4 Å². The van der Waals surface area contributed by atoms with Crippen LogP contribution < -0.4 is 10.3 Å². The van der Waals surface area contributed by atoms with E-state index >= 15 is 0 Å². The number of hydrogen-bond donors (Lipinski definition) is 0. The lowest BCUT2D eigenvalue weighted by atomic mass is 10.2. The number of ether oxygens (including phenoxy) is 2. The maximum Gasteiger partial charge on any atom is 0.326 e. The van der Waals surface area contributed by atoms with Crippen LogP contribution in [-0.4, -0.2) is 35.0 Å². The lowest BCUT2D eigenvalue weighted by Gasteiger charge is -2.04. The van der Waals surface area contributed by atoms with E-state index < -0.39 is 5.97 Å². The van der Waals surface area contributed by atoms with E-state index in [1.54, 1.807) is 7.11 Å². The number of rotatable bonds is 6. The highest BCUT2D eigenvalue weighted by Crippen LogP contribution is 2.31. The molecule has 0 amide bonds. The molecule has 0 aliphatic carbocycles. The molecule has 0 saturated carbocycles. The average Bonchev–Trinajstić information content (AvgIpc) is 3.07. The molecule has 134 valence electrons. The molecule has 3 aromatic rings. The first-order valence-corrected chi connectivity index (χ1v) is 8.58. The molecule has 0 N–H and O–H groups in total. The van der Waals surface area contributed by atoms with Gasteiger partial charge in [0.25, 0.3) is 5.56 Å². The zero-order chi connectivity index (χ0) is 18.7. The van der Waals surface area contributed by atoms with Gasteiger partial charge in [-0.3, -0.25) is 19.0 Å². The number of esters is 1. The predicted molar refractivity (Wildman–Crippen MR) is 97.5 cm³/mol. The predicted octanol–water partition coefficient (Wildman–Crippen LogP) is 2.27. The number of ketones is 1. The third-order valence-corrected chi connectivity index (χ3v) is 4.78. The molecule has 0 bridgehead atoms. The van der Waals surface area contributed by atoms with Crippen LogP contribution in [0.4, 0.5) is 0 Å². The van der Waals surface area contributed by atoms with Crippen molar-refractivity contribution in [3.05, 3.63) is 47.0 Å². The SMILES string of the molecule is COc1ccc(-c2cc3ncn(CC(=O)OCC(C)=O)c(=O)c3s2)cc1. The van der Waals surface area contributed by atoms with Gasteiger partial charge in [0.1, 0.15) is 23.6 Å². The Hall–Kier alpha value is -3.00. The highest BCUT2D eigenvalue weighted by atomic mass is 32.1. The number of Topliss-reactive ketones (excluding diaryl/α,β-unsaturated/α-hetero) is 1. The molecule has 2 heterocycles. The molecule has 2 aromatic heterocycles. The fraction of sp³-hybridized carbons (Fsp3) is 0.222. The molecule has 3 rings (SSSR count). The Morgan fingerprint density at radius 2 is 1.96 bits per heavy atom. The van der Waals surface area contributed by atoms with Crippen LogP contribution in [0.3, 0.4) is 0 Å². The van der Waals surface area contributed by atoms with Crippen molar-refractivity contribution >= 4 is 33.3 Å². The first kappa shape index (κ1) is 17.8. The smallest absolute Gasteiger partial charge is 0.326 e. The molecule has 0 saturated heterocycles. The van der Waals surface area contributed by atoms with Gasteiger partial charge in [0.05, 0.1) is 19.0 Å². The van der Waals surface area contributed by atoms with Gasteiger partial charge in [-0.1, -0.05) is 0 Å². The van der Waals surface area contributed by atoms with Crippen LogP contribution in [0, 0.1) is 0 Å². The Morgan fingerprint density at radius 3 is 2.62 bits per heavy atom. The van der Waals surface area contributed by atoms with E-state index in [1.807, 2.05) is 30.3 Å². The summed E-state index contributed by atoms with van der Waals surface area (Å²) in [5, 5.41) is 0. The highest BCUT2D eigenvalue weighted by Gasteiger charge is 2.13. The quantitative estimate of drug-likeness (QED) is 0.617.